The van der Waals surface area contributed by atoms with Crippen molar-refractivity contribution in [2.75, 3.05) is 7.11 Å². The minimum atomic E-state index is -0.806. The molecule has 2 N–H and O–H groups in total. The maximum absolute atomic E-state index is 10.8. The molecule has 0 aliphatic rings. The van der Waals surface area contributed by atoms with Crippen LogP contribution in [0.4, 0.5) is 0 Å². The SMILES string of the molecule is COc1cc(-c2nc(-c3ccc(CCC(=O)O)cc3C)no2)cc2cc(C)[nH]c12. The zero-order valence-corrected chi connectivity index (χ0v) is 16.4. The fourth-order valence-electron chi connectivity index (χ4n) is 3.47. The van der Waals surface area contributed by atoms with E-state index < -0.39 is 5.97 Å². The summed E-state index contributed by atoms with van der Waals surface area (Å²) in [5.74, 6) is 0.809. The lowest BCUT2D eigenvalue weighted by Gasteiger charge is -2.05. The van der Waals surface area contributed by atoms with E-state index in [1.54, 1.807) is 7.11 Å². The van der Waals surface area contributed by atoms with Gasteiger partial charge in [-0.15, -0.1) is 0 Å². The normalized spacial score (nSPS) is 11.1. The number of nitrogens with zero attached hydrogens (tertiary/aromatic N) is 2. The number of rotatable bonds is 6. The molecule has 7 heteroatoms. The molecule has 2 aromatic heterocycles. The molecule has 29 heavy (non-hydrogen) atoms. The number of hydrogen-bond donors (Lipinski definition) is 2. The summed E-state index contributed by atoms with van der Waals surface area (Å²) in [7, 11) is 1.63. The summed E-state index contributed by atoms with van der Waals surface area (Å²) in [6, 6.07) is 11.7. The molecule has 0 saturated heterocycles. The lowest BCUT2D eigenvalue weighted by molar-refractivity contribution is -0.136. The van der Waals surface area contributed by atoms with Gasteiger partial charge < -0.3 is 19.4 Å². The third-order valence-electron chi connectivity index (χ3n) is 4.88. The van der Waals surface area contributed by atoms with E-state index in [0.29, 0.717) is 23.9 Å². The topological polar surface area (TPSA) is 101 Å². The number of hydrogen-bond acceptors (Lipinski definition) is 5. The number of methoxy groups -OCH3 is 1. The molecule has 0 radical (unpaired) electrons. The molecule has 4 aromatic rings. The van der Waals surface area contributed by atoms with Crippen LogP contribution in [-0.4, -0.2) is 33.3 Å². The van der Waals surface area contributed by atoms with E-state index in [9.17, 15) is 4.79 Å². The summed E-state index contributed by atoms with van der Waals surface area (Å²) in [5, 5.41) is 14.0. The van der Waals surface area contributed by atoms with Crippen molar-refractivity contribution in [3.63, 3.8) is 0 Å². The lowest BCUT2D eigenvalue weighted by atomic mass is 10.0. The zero-order chi connectivity index (χ0) is 20.5. The van der Waals surface area contributed by atoms with Crippen LogP contribution in [0.25, 0.3) is 33.7 Å². The second-order valence-electron chi connectivity index (χ2n) is 7.06. The molecule has 0 atom stereocenters. The largest absolute Gasteiger partial charge is 0.495 e. The first-order chi connectivity index (χ1) is 13.9. The molecule has 7 nitrogen and oxygen atoms in total. The Labute approximate surface area is 167 Å². The first-order valence-corrected chi connectivity index (χ1v) is 9.27. The highest BCUT2D eigenvalue weighted by Crippen LogP contribution is 2.33. The molecule has 0 unspecified atom stereocenters. The maximum Gasteiger partial charge on any atom is 0.303 e. The average Bonchev–Trinajstić information content (AvgIpc) is 3.31. The Hall–Kier alpha value is -3.61. The number of aryl methyl sites for hydroxylation is 3. The van der Waals surface area contributed by atoms with Crippen molar-refractivity contribution in [1.82, 2.24) is 15.1 Å². The highest BCUT2D eigenvalue weighted by atomic mass is 16.5. The predicted octanol–water partition coefficient (Wildman–Crippen LogP) is 4.53. The monoisotopic (exact) mass is 391 g/mol. The fourth-order valence-corrected chi connectivity index (χ4v) is 3.47. The van der Waals surface area contributed by atoms with Gasteiger partial charge in [-0.05, 0) is 49.6 Å². The third kappa shape index (κ3) is 3.71. The van der Waals surface area contributed by atoms with Crippen LogP contribution in [0.15, 0.2) is 40.9 Å². The van der Waals surface area contributed by atoms with Gasteiger partial charge in [0.15, 0.2) is 0 Å². The van der Waals surface area contributed by atoms with Crippen molar-refractivity contribution in [1.29, 1.82) is 0 Å². The van der Waals surface area contributed by atoms with Crippen molar-refractivity contribution in [3.8, 4) is 28.6 Å². The number of carboxylic acids is 1. The number of aromatic amines is 1. The van der Waals surface area contributed by atoms with Crippen LogP contribution in [0.1, 0.15) is 23.2 Å². The third-order valence-corrected chi connectivity index (χ3v) is 4.88. The minimum Gasteiger partial charge on any atom is -0.495 e. The number of benzene rings is 2. The summed E-state index contributed by atoms with van der Waals surface area (Å²) in [6.07, 6.45) is 0.595. The van der Waals surface area contributed by atoms with Crippen LogP contribution >= 0.6 is 0 Å². The van der Waals surface area contributed by atoms with Gasteiger partial charge in [0.25, 0.3) is 5.89 Å². The molecule has 2 heterocycles. The summed E-state index contributed by atoms with van der Waals surface area (Å²) >= 11 is 0. The van der Waals surface area contributed by atoms with E-state index in [4.69, 9.17) is 14.4 Å². The highest BCUT2D eigenvalue weighted by Gasteiger charge is 2.16. The second-order valence-corrected chi connectivity index (χ2v) is 7.06. The molecule has 0 amide bonds. The van der Waals surface area contributed by atoms with Crippen LogP contribution in [0.2, 0.25) is 0 Å². The molecule has 0 bridgehead atoms. The average molecular weight is 391 g/mol. The first-order valence-electron chi connectivity index (χ1n) is 9.27. The van der Waals surface area contributed by atoms with E-state index in [1.165, 1.54) is 0 Å². The van der Waals surface area contributed by atoms with Crippen LogP contribution in [-0.2, 0) is 11.2 Å². The van der Waals surface area contributed by atoms with Gasteiger partial charge in [0.2, 0.25) is 5.82 Å². The smallest absolute Gasteiger partial charge is 0.303 e. The van der Waals surface area contributed by atoms with Gasteiger partial charge in [0.1, 0.15) is 5.75 Å². The Morgan fingerprint density at radius 3 is 2.76 bits per heavy atom. The van der Waals surface area contributed by atoms with E-state index in [1.807, 2.05) is 50.2 Å². The van der Waals surface area contributed by atoms with E-state index in [-0.39, 0.29) is 6.42 Å². The van der Waals surface area contributed by atoms with Gasteiger partial charge in [-0.3, -0.25) is 4.79 Å². The second kappa shape index (κ2) is 7.43. The van der Waals surface area contributed by atoms with Crippen LogP contribution in [0.5, 0.6) is 5.75 Å². The molecule has 148 valence electrons. The lowest BCUT2D eigenvalue weighted by Crippen LogP contribution is -1.98. The molecule has 2 aromatic carbocycles. The summed E-state index contributed by atoms with van der Waals surface area (Å²) < 4.78 is 11.0. The highest BCUT2D eigenvalue weighted by molar-refractivity contribution is 5.90. The van der Waals surface area contributed by atoms with Gasteiger partial charge in [-0.2, -0.15) is 4.98 Å². The molecular formula is C22H21N3O4. The summed E-state index contributed by atoms with van der Waals surface area (Å²) in [6.45, 7) is 3.94. The Balaban J connectivity index is 1.67. The number of aliphatic carboxylic acids is 1. The zero-order valence-electron chi connectivity index (χ0n) is 16.4. The summed E-state index contributed by atoms with van der Waals surface area (Å²) in [4.78, 5) is 18.6. The molecule has 4 rings (SSSR count). The quantitative estimate of drug-likeness (QED) is 0.501. The minimum absolute atomic E-state index is 0.105. The Kier molecular flexibility index (Phi) is 4.80. The molecule has 0 saturated carbocycles. The van der Waals surface area contributed by atoms with Crippen molar-refractivity contribution in [2.24, 2.45) is 0 Å². The number of H-pyrrole nitrogens is 1. The molecule has 0 spiro atoms. The van der Waals surface area contributed by atoms with Gasteiger partial charge in [0.05, 0.1) is 12.6 Å². The van der Waals surface area contributed by atoms with Crippen molar-refractivity contribution in [3.05, 3.63) is 53.2 Å². The van der Waals surface area contributed by atoms with Crippen molar-refractivity contribution in [2.45, 2.75) is 26.7 Å². The molecule has 0 aliphatic heterocycles. The van der Waals surface area contributed by atoms with Gasteiger partial charge in [0, 0.05) is 28.6 Å². The van der Waals surface area contributed by atoms with E-state index in [2.05, 4.69) is 15.1 Å². The van der Waals surface area contributed by atoms with E-state index in [0.717, 1.165) is 38.9 Å². The number of fused-ring (bicyclic) bond motifs is 1. The van der Waals surface area contributed by atoms with Crippen molar-refractivity contribution >= 4 is 16.9 Å². The van der Waals surface area contributed by atoms with Crippen LogP contribution in [0.3, 0.4) is 0 Å². The Bertz CT molecular complexity index is 1210. The van der Waals surface area contributed by atoms with Crippen molar-refractivity contribution < 1.29 is 19.2 Å². The fraction of sp³-hybridized carbons (Fsp3) is 0.227. The standard InChI is InChI=1S/C22H21N3O4/c1-12-8-14(5-7-19(26)27)4-6-17(12)21-24-22(29-25-21)16-10-15-9-13(2)23-20(15)18(11-16)28-3/h4,6,8-11,23H,5,7H2,1-3H3,(H,26,27). The predicted molar refractivity (Wildman–Crippen MR) is 109 cm³/mol. The summed E-state index contributed by atoms with van der Waals surface area (Å²) in [5.41, 5.74) is 5.54. The molecule has 0 aliphatic carbocycles. The number of carbonyl (C=O) groups is 1. The maximum atomic E-state index is 10.8. The van der Waals surface area contributed by atoms with Gasteiger partial charge in [-0.25, -0.2) is 0 Å². The number of ether oxygens (including phenoxy) is 1. The molecule has 0 fully saturated rings. The number of carboxylic acid groups (broad SMARTS) is 1. The van der Waals surface area contributed by atoms with Crippen LogP contribution in [0, 0.1) is 13.8 Å². The van der Waals surface area contributed by atoms with E-state index >= 15 is 0 Å². The number of nitrogens with one attached hydrogen (secondary N) is 1. The Morgan fingerprint density at radius 2 is 2.03 bits per heavy atom. The molecular weight excluding hydrogens is 370 g/mol. The van der Waals surface area contributed by atoms with Gasteiger partial charge >= 0.3 is 5.97 Å². The first kappa shape index (κ1) is 18.7. The van der Waals surface area contributed by atoms with Gasteiger partial charge in [-0.1, -0.05) is 23.4 Å². The Morgan fingerprint density at radius 1 is 1.21 bits per heavy atom. The van der Waals surface area contributed by atoms with Crippen LogP contribution < -0.4 is 4.74 Å². The number of aromatic nitrogens is 3.